The van der Waals surface area contributed by atoms with Crippen LogP contribution in [0, 0.1) is 11.3 Å². The van der Waals surface area contributed by atoms with Gasteiger partial charge in [0.15, 0.2) is 0 Å². The van der Waals surface area contributed by atoms with Crippen molar-refractivity contribution in [1.82, 2.24) is 9.80 Å². The highest BCUT2D eigenvalue weighted by Crippen LogP contribution is 2.34. The summed E-state index contributed by atoms with van der Waals surface area (Å²) in [6.45, 7) is 9.47. The summed E-state index contributed by atoms with van der Waals surface area (Å²) in [4.78, 5) is 16.7. The first-order chi connectivity index (χ1) is 11.9. The molecule has 142 valence electrons. The van der Waals surface area contributed by atoms with Gasteiger partial charge in [0.2, 0.25) is 0 Å². The quantitative estimate of drug-likeness (QED) is 0.815. The van der Waals surface area contributed by atoms with E-state index < -0.39 is 0 Å². The van der Waals surface area contributed by atoms with Crippen LogP contribution < -0.4 is 0 Å². The third kappa shape index (κ3) is 4.40. The predicted octanol–water partition coefficient (Wildman–Crippen LogP) is 2.66. The van der Waals surface area contributed by atoms with E-state index in [1.807, 2.05) is 30.0 Å². The molecule has 1 aromatic rings. The topological polar surface area (TPSA) is 56.6 Å². The van der Waals surface area contributed by atoms with Crippen LogP contribution in [0.25, 0.3) is 0 Å². The normalized spacial score (nSPS) is 23.0. The van der Waals surface area contributed by atoms with Crippen molar-refractivity contribution in [3.8, 4) is 6.07 Å². The first-order valence-corrected chi connectivity index (χ1v) is 9.12. The second-order valence-corrected chi connectivity index (χ2v) is 7.59. The van der Waals surface area contributed by atoms with Gasteiger partial charge in [-0.1, -0.05) is 12.1 Å². The van der Waals surface area contributed by atoms with Crippen LogP contribution in [0.15, 0.2) is 24.3 Å². The number of nitrogens with zero attached hydrogens (tertiary/aromatic N) is 3. The van der Waals surface area contributed by atoms with E-state index >= 15 is 0 Å². The van der Waals surface area contributed by atoms with Gasteiger partial charge in [0.1, 0.15) is 6.10 Å². The largest absolute Gasteiger partial charge is 0.360 e. The van der Waals surface area contributed by atoms with Gasteiger partial charge in [0, 0.05) is 25.7 Å². The summed E-state index contributed by atoms with van der Waals surface area (Å²) in [5.74, 6) is 0.108. The molecular weight excluding hydrogens is 346 g/mol. The van der Waals surface area contributed by atoms with Crippen molar-refractivity contribution in [1.29, 1.82) is 5.26 Å². The Morgan fingerprint density at radius 1 is 1.35 bits per heavy atom. The minimum absolute atomic E-state index is 0. The van der Waals surface area contributed by atoms with Gasteiger partial charge in [-0.05, 0) is 51.3 Å². The molecule has 3 rings (SSSR count). The Kier molecular flexibility index (Phi) is 6.73. The van der Waals surface area contributed by atoms with Gasteiger partial charge in [-0.2, -0.15) is 18.8 Å². The lowest BCUT2D eigenvalue weighted by molar-refractivity contribution is -0.193. The van der Waals surface area contributed by atoms with Crippen LogP contribution in [0.5, 0.6) is 0 Å². The van der Waals surface area contributed by atoms with E-state index in [-0.39, 0.29) is 37.1 Å². The Morgan fingerprint density at radius 2 is 2.04 bits per heavy atom. The summed E-state index contributed by atoms with van der Waals surface area (Å²) in [7, 11) is 0. The molecule has 0 aromatic heterocycles. The van der Waals surface area contributed by atoms with Crippen molar-refractivity contribution >= 4 is 19.4 Å². The van der Waals surface area contributed by atoms with Gasteiger partial charge in [0.25, 0.3) is 5.91 Å². The zero-order valence-corrected chi connectivity index (χ0v) is 16.9. The lowest BCUT2D eigenvalue weighted by atomic mass is 9.87. The van der Waals surface area contributed by atoms with E-state index in [1.165, 1.54) is 5.56 Å². The van der Waals surface area contributed by atoms with Gasteiger partial charge in [0.05, 0.1) is 23.8 Å². The standard InChI is InChI=1S/C20H27N3O2.H2S/c1-15(2)23-14-20(25-16(3)19(23)24)7-9-22(10-8-20)13-18-6-4-5-17(11-18)12-21;/h4-6,11,15-16H,7-10,13-14H2,1-3H3;1H2/t16-;/m0./s1. The lowest BCUT2D eigenvalue weighted by Gasteiger charge is -2.50. The molecule has 2 fully saturated rings. The number of benzene rings is 1. The van der Waals surface area contributed by atoms with E-state index in [1.54, 1.807) is 0 Å². The SMILES string of the molecule is CC(C)N1CC2(CCN(Cc3cccc(C#N)c3)CC2)O[C@@H](C)C1=O.S. The number of amides is 1. The molecule has 0 saturated carbocycles. The maximum Gasteiger partial charge on any atom is 0.251 e. The Labute approximate surface area is 163 Å². The van der Waals surface area contributed by atoms with E-state index in [2.05, 4.69) is 30.9 Å². The van der Waals surface area contributed by atoms with E-state index in [4.69, 9.17) is 10.00 Å². The van der Waals surface area contributed by atoms with Crippen molar-refractivity contribution in [3.63, 3.8) is 0 Å². The molecule has 0 aliphatic carbocycles. The zero-order valence-electron chi connectivity index (χ0n) is 15.9. The number of hydrogen-bond donors (Lipinski definition) is 0. The first-order valence-electron chi connectivity index (χ1n) is 9.12. The predicted molar refractivity (Wildman–Crippen MR) is 106 cm³/mol. The smallest absolute Gasteiger partial charge is 0.251 e. The molecule has 2 heterocycles. The number of nitriles is 1. The van der Waals surface area contributed by atoms with Crippen LogP contribution >= 0.6 is 13.5 Å². The molecule has 0 unspecified atom stereocenters. The van der Waals surface area contributed by atoms with Crippen LogP contribution in [0.3, 0.4) is 0 Å². The summed E-state index contributed by atoms with van der Waals surface area (Å²) in [5, 5.41) is 9.04. The van der Waals surface area contributed by atoms with Gasteiger partial charge in [-0.3, -0.25) is 9.69 Å². The van der Waals surface area contributed by atoms with Crippen molar-refractivity contribution in [3.05, 3.63) is 35.4 Å². The number of piperidine rings is 1. The summed E-state index contributed by atoms with van der Waals surface area (Å²) < 4.78 is 6.18. The summed E-state index contributed by atoms with van der Waals surface area (Å²) in [6.07, 6.45) is 1.52. The van der Waals surface area contributed by atoms with Gasteiger partial charge < -0.3 is 9.64 Å². The van der Waals surface area contributed by atoms with Crippen molar-refractivity contribution < 1.29 is 9.53 Å². The fraction of sp³-hybridized carbons (Fsp3) is 0.600. The molecule has 1 spiro atoms. The molecule has 1 aromatic carbocycles. The monoisotopic (exact) mass is 375 g/mol. The first kappa shape index (κ1) is 20.8. The van der Waals surface area contributed by atoms with E-state index in [0.29, 0.717) is 12.1 Å². The van der Waals surface area contributed by atoms with Gasteiger partial charge in [-0.15, -0.1) is 0 Å². The Hall–Kier alpha value is -1.55. The lowest BCUT2D eigenvalue weighted by Crippen LogP contribution is -2.62. The average molecular weight is 376 g/mol. The summed E-state index contributed by atoms with van der Waals surface area (Å²) in [5.41, 5.74) is 1.68. The van der Waals surface area contributed by atoms with Crippen LogP contribution in [0.4, 0.5) is 0 Å². The van der Waals surface area contributed by atoms with Crippen LogP contribution in [0.1, 0.15) is 44.7 Å². The third-order valence-corrected chi connectivity index (χ3v) is 5.37. The molecule has 2 aliphatic rings. The summed E-state index contributed by atoms with van der Waals surface area (Å²) in [6, 6.07) is 10.2. The molecule has 0 bridgehead atoms. The maximum absolute atomic E-state index is 12.3. The second-order valence-electron chi connectivity index (χ2n) is 7.59. The van der Waals surface area contributed by atoms with E-state index in [9.17, 15) is 4.79 Å². The third-order valence-electron chi connectivity index (χ3n) is 5.37. The number of morpholine rings is 1. The minimum atomic E-state index is -0.352. The molecular formula is C20H29N3O2S. The molecule has 6 heteroatoms. The fourth-order valence-corrected chi connectivity index (χ4v) is 3.91. The Balaban J connectivity index is 0.00000243. The molecule has 1 atom stereocenters. The van der Waals surface area contributed by atoms with Gasteiger partial charge in [-0.25, -0.2) is 0 Å². The van der Waals surface area contributed by atoms with E-state index in [0.717, 1.165) is 32.5 Å². The summed E-state index contributed by atoms with van der Waals surface area (Å²) >= 11 is 0. The number of ether oxygens (including phenoxy) is 1. The van der Waals surface area contributed by atoms with Crippen molar-refractivity contribution in [2.24, 2.45) is 0 Å². The Bertz CT molecular complexity index is 678. The van der Waals surface area contributed by atoms with Gasteiger partial charge >= 0.3 is 0 Å². The zero-order chi connectivity index (χ0) is 18.0. The maximum atomic E-state index is 12.3. The van der Waals surface area contributed by atoms with Crippen LogP contribution in [-0.4, -0.2) is 53.1 Å². The highest BCUT2D eigenvalue weighted by molar-refractivity contribution is 7.59. The molecule has 2 saturated heterocycles. The average Bonchev–Trinajstić information content (AvgIpc) is 2.60. The minimum Gasteiger partial charge on any atom is -0.360 e. The van der Waals surface area contributed by atoms with Crippen molar-refractivity contribution in [2.45, 2.75) is 57.9 Å². The van der Waals surface area contributed by atoms with Crippen molar-refractivity contribution in [2.75, 3.05) is 19.6 Å². The number of hydrogen-bond acceptors (Lipinski definition) is 4. The molecule has 26 heavy (non-hydrogen) atoms. The highest BCUT2D eigenvalue weighted by Gasteiger charge is 2.45. The second kappa shape index (κ2) is 8.43. The molecule has 1 amide bonds. The molecule has 0 N–H and O–H groups in total. The number of rotatable bonds is 3. The fourth-order valence-electron chi connectivity index (χ4n) is 3.91. The molecule has 0 radical (unpaired) electrons. The number of carbonyl (C=O) groups excluding carboxylic acids is 1. The Morgan fingerprint density at radius 3 is 2.65 bits per heavy atom. The van der Waals surface area contributed by atoms with Crippen LogP contribution in [0.2, 0.25) is 0 Å². The number of likely N-dealkylation sites (tertiary alicyclic amines) is 1. The highest BCUT2D eigenvalue weighted by atomic mass is 32.1. The number of carbonyl (C=O) groups is 1. The molecule has 5 nitrogen and oxygen atoms in total. The van der Waals surface area contributed by atoms with Crippen LogP contribution in [-0.2, 0) is 16.1 Å². The molecule has 2 aliphatic heterocycles.